The zero-order chi connectivity index (χ0) is 20.1. The molecule has 4 rings (SSSR count). The highest BCUT2D eigenvalue weighted by Gasteiger charge is 2.60. The smallest absolute Gasteiger partial charge is 0.133 e. The molecule has 8 unspecified atom stereocenters. The van der Waals surface area contributed by atoms with Crippen molar-refractivity contribution in [2.75, 3.05) is 0 Å². The molecule has 0 aliphatic heterocycles. The summed E-state index contributed by atoms with van der Waals surface area (Å²) in [5, 5.41) is 0. The zero-order valence-corrected chi connectivity index (χ0v) is 19.2. The second-order valence-corrected chi connectivity index (χ2v) is 12.0. The van der Waals surface area contributed by atoms with E-state index >= 15 is 0 Å². The number of ketones is 1. The van der Waals surface area contributed by atoms with Gasteiger partial charge in [0.25, 0.3) is 0 Å². The summed E-state index contributed by atoms with van der Waals surface area (Å²) >= 11 is 0. The van der Waals surface area contributed by atoms with E-state index in [-0.39, 0.29) is 0 Å². The number of hydrogen-bond donors (Lipinski definition) is 0. The second kappa shape index (κ2) is 7.59. The largest absolute Gasteiger partial charge is 0.300 e. The molecule has 0 N–H and O–H groups in total. The Hall–Kier alpha value is -0.590. The first-order valence-electron chi connectivity index (χ1n) is 12.4. The summed E-state index contributed by atoms with van der Waals surface area (Å²) < 4.78 is 0. The molecule has 28 heavy (non-hydrogen) atoms. The van der Waals surface area contributed by atoms with Crippen LogP contribution in [0.15, 0.2) is 12.2 Å². The van der Waals surface area contributed by atoms with E-state index in [1.165, 1.54) is 51.4 Å². The van der Waals surface area contributed by atoms with Crippen molar-refractivity contribution in [3.63, 3.8) is 0 Å². The third-order valence-corrected chi connectivity index (χ3v) is 10.2. The summed E-state index contributed by atoms with van der Waals surface area (Å²) in [4.78, 5) is 12.1. The lowest BCUT2D eigenvalue weighted by Crippen LogP contribution is -2.53. The lowest BCUT2D eigenvalue weighted by Gasteiger charge is -2.60. The van der Waals surface area contributed by atoms with E-state index in [4.69, 9.17) is 0 Å². The SMILES string of the molecule is CC(C)CC=CC(C)C1CCC2C3CCC4CC(=O)CCC4(C)C3CCC12C. The fourth-order valence-electron chi connectivity index (χ4n) is 8.65. The van der Waals surface area contributed by atoms with Crippen molar-refractivity contribution in [1.29, 1.82) is 0 Å². The standard InChI is InChI=1S/C27H44O/c1-18(2)7-6-8-19(3)23-11-12-24-22-10-9-20-17-21(28)13-15-26(20,4)25(22)14-16-27(23,24)5/h6,8,18-20,22-25H,7,9-17H2,1-5H3. The van der Waals surface area contributed by atoms with Crippen LogP contribution in [-0.4, -0.2) is 5.78 Å². The van der Waals surface area contributed by atoms with Gasteiger partial charge in [0.2, 0.25) is 0 Å². The number of Topliss-reactive ketones (excluding diaryl/α,β-unsaturated/α-hetero) is 1. The molecular weight excluding hydrogens is 340 g/mol. The first-order chi connectivity index (χ1) is 13.3. The van der Waals surface area contributed by atoms with Gasteiger partial charge in [-0.15, -0.1) is 0 Å². The van der Waals surface area contributed by atoms with E-state index in [0.717, 1.165) is 48.3 Å². The van der Waals surface area contributed by atoms with Crippen LogP contribution in [0, 0.1) is 52.3 Å². The molecule has 158 valence electrons. The predicted molar refractivity (Wildman–Crippen MR) is 118 cm³/mol. The molecule has 0 heterocycles. The van der Waals surface area contributed by atoms with E-state index in [0.29, 0.717) is 22.5 Å². The summed E-state index contributed by atoms with van der Waals surface area (Å²) in [6.45, 7) is 12.4. The first-order valence-corrected chi connectivity index (χ1v) is 12.4. The maximum Gasteiger partial charge on any atom is 0.133 e. The van der Waals surface area contributed by atoms with E-state index < -0.39 is 0 Å². The Labute approximate surface area is 174 Å². The molecule has 4 aliphatic carbocycles. The Balaban J connectivity index is 1.50. The number of hydrogen-bond acceptors (Lipinski definition) is 1. The topological polar surface area (TPSA) is 17.1 Å². The van der Waals surface area contributed by atoms with E-state index in [9.17, 15) is 4.79 Å². The Morgan fingerprint density at radius 2 is 1.71 bits per heavy atom. The maximum absolute atomic E-state index is 12.1. The van der Waals surface area contributed by atoms with Crippen molar-refractivity contribution in [1.82, 2.24) is 0 Å². The second-order valence-electron chi connectivity index (χ2n) is 12.0. The van der Waals surface area contributed by atoms with Gasteiger partial charge in [-0.05, 0) is 104 Å². The summed E-state index contributed by atoms with van der Waals surface area (Å²) in [5.74, 6) is 6.37. The molecule has 1 heteroatoms. The number of allylic oxidation sites excluding steroid dienone is 2. The van der Waals surface area contributed by atoms with Crippen molar-refractivity contribution in [3.8, 4) is 0 Å². The molecule has 8 atom stereocenters. The highest BCUT2D eigenvalue weighted by atomic mass is 16.1. The molecule has 0 saturated heterocycles. The van der Waals surface area contributed by atoms with Crippen LogP contribution in [0.25, 0.3) is 0 Å². The van der Waals surface area contributed by atoms with Crippen LogP contribution in [0.3, 0.4) is 0 Å². The highest BCUT2D eigenvalue weighted by molar-refractivity contribution is 5.79. The molecular formula is C27H44O. The minimum Gasteiger partial charge on any atom is -0.300 e. The van der Waals surface area contributed by atoms with Gasteiger partial charge in [-0.3, -0.25) is 4.79 Å². The van der Waals surface area contributed by atoms with Gasteiger partial charge in [-0.1, -0.05) is 46.8 Å². The van der Waals surface area contributed by atoms with Crippen molar-refractivity contribution in [3.05, 3.63) is 12.2 Å². The highest BCUT2D eigenvalue weighted by Crippen LogP contribution is 2.68. The zero-order valence-electron chi connectivity index (χ0n) is 19.2. The minimum atomic E-state index is 0.457. The van der Waals surface area contributed by atoms with Crippen LogP contribution in [0.2, 0.25) is 0 Å². The van der Waals surface area contributed by atoms with Crippen LogP contribution < -0.4 is 0 Å². The van der Waals surface area contributed by atoms with E-state index in [1.807, 2.05) is 0 Å². The number of fused-ring (bicyclic) bond motifs is 5. The Morgan fingerprint density at radius 3 is 2.46 bits per heavy atom. The average Bonchev–Trinajstić information content (AvgIpc) is 2.99. The summed E-state index contributed by atoms with van der Waals surface area (Å²) in [7, 11) is 0. The Morgan fingerprint density at radius 1 is 0.964 bits per heavy atom. The van der Waals surface area contributed by atoms with Crippen molar-refractivity contribution >= 4 is 5.78 Å². The van der Waals surface area contributed by atoms with Gasteiger partial charge < -0.3 is 0 Å². The molecule has 4 fully saturated rings. The van der Waals surface area contributed by atoms with Gasteiger partial charge >= 0.3 is 0 Å². The lowest BCUT2D eigenvalue weighted by atomic mass is 9.44. The molecule has 0 radical (unpaired) electrons. The van der Waals surface area contributed by atoms with Gasteiger partial charge in [0, 0.05) is 12.8 Å². The summed E-state index contributed by atoms with van der Waals surface area (Å²) in [6.07, 6.45) is 17.7. The predicted octanol–water partition coefficient (Wildman–Crippen LogP) is 7.45. The fourth-order valence-corrected chi connectivity index (χ4v) is 8.65. The van der Waals surface area contributed by atoms with Crippen molar-refractivity contribution < 1.29 is 4.79 Å². The number of rotatable bonds is 4. The Kier molecular flexibility index (Phi) is 5.60. The van der Waals surface area contributed by atoms with E-state index in [1.54, 1.807) is 0 Å². The third kappa shape index (κ3) is 3.33. The molecule has 4 aliphatic rings. The number of carbonyl (C=O) groups is 1. The lowest BCUT2D eigenvalue weighted by molar-refractivity contribution is -0.140. The van der Waals surface area contributed by atoms with Gasteiger partial charge in [0.15, 0.2) is 0 Å². The van der Waals surface area contributed by atoms with Gasteiger partial charge in [-0.2, -0.15) is 0 Å². The monoisotopic (exact) mass is 384 g/mol. The number of carbonyl (C=O) groups excluding carboxylic acids is 1. The third-order valence-electron chi connectivity index (χ3n) is 10.2. The van der Waals surface area contributed by atoms with Crippen LogP contribution >= 0.6 is 0 Å². The van der Waals surface area contributed by atoms with Crippen LogP contribution in [0.1, 0.15) is 98.8 Å². The Bertz CT molecular complexity index is 618. The molecule has 4 saturated carbocycles. The van der Waals surface area contributed by atoms with Crippen LogP contribution in [-0.2, 0) is 4.79 Å². The van der Waals surface area contributed by atoms with Crippen LogP contribution in [0.5, 0.6) is 0 Å². The normalized spacial score (nSPS) is 47.1. The molecule has 0 aromatic rings. The van der Waals surface area contributed by atoms with Gasteiger partial charge in [-0.25, -0.2) is 0 Å². The summed E-state index contributed by atoms with van der Waals surface area (Å²) in [6, 6.07) is 0. The molecule has 1 nitrogen and oxygen atoms in total. The average molecular weight is 385 g/mol. The molecule has 0 aromatic carbocycles. The fraction of sp³-hybridized carbons (Fsp3) is 0.889. The molecule has 0 bridgehead atoms. The quantitative estimate of drug-likeness (QED) is 0.460. The van der Waals surface area contributed by atoms with Crippen molar-refractivity contribution in [2.45, 2.75) is 98.8 Å². The van der Waals surface area contributed by atoms with Gasteiger partial charge in [0.1, 0.15) is 5.78 Å². The molecule has 0 amide bonds. The van der Waals surface area contributed by atoms with Crippen LogP contribution in [0.4, 0.5) is 0 Å². The molecule has 0 aromatic heterocycles. The molecule has 0 spiro atoms. The van der Waals surface area contributed by atoms with E-state index in [2.05, 4.69) is 46.8 Å². The maximum atomic E-state index is 12.1. The summed E-state index contributed by atoms with van der Waals surface area (Å²) in [5.41, 5.74) is 1.01. The first kappa shape index (κ1) is 20.7. The minimum absolute atomic E-state index is 0.457. The van der Waals surface area contributed by atoms with Gasteiger partial charge in [0.05, 0.1) is 0 Å². The van der Waals surface area contributed by atoms with Crippen molar-refractivity contribution in [2.24, 2.45) is 52.3 Å².